The fourth-order valence-corrected chi connectivity index (χ4v) is 3.41. The lowest BCUT2D eigenvalue weighted by atomic mass is 10.1. The van der Waals surface area contributed by atoms with Gasteiger partial charge >= 0.3 is 0 Å². The lowest BCUT2D eigenvalue weighted by Gasteiger charge is -2.34. The molecule has 2 N–H and O–H groups in total. The Morgan fingerprint density at radius 3 is 2.82 bits per heavy atom. The molecule has 2 amide bonds. The Morgan fingerprint density at radius 2 is 2.07 bits per heavy atom. The molecule has 0 saturated carbocycles. The molecule has 0 spiro atoms. The van der Waals surface area contributed by atoms with Gasteiger partial charge in [-0.2, -0.15) is 0 Å². The average Bonchev–Trinajstić information content (AvgIpc) is 3.15. The van der Waals surface area contributed by atoms with Crippen LogP contribution in [0.15, 0.2) is 42.5 Å². The number of aromatic amines is 1. The van der Waals surface area contributed by atoms with Crippen molar-refractivity contribution in [2.24, 2.45) is 0 Å². The van der Waals surface area contributed by atoms with Crippen molar-refractivity contribution in [2.75, 3.05) is 31.6 Å². The smallest absolute Gasteiger partial charge is 0.254 e. The van der Waals surface area contributed by atoms with Crippen molar-refractivity contribution in [1.82, 2.24) is 14.9 Å². The zero-order valence-corrected chi connectivity index (χ0v) is 15.4. The Bertz CT molecular complexity index is 1050. The third-order valence-corrected chi connectivity index (χ3v) is 4.81. The lowest BCUT2D eigenvalue weighted by Crippen LogP contribution is -2.52. The van der Waals surface area contributed by atoms with E-state index in [2.05, 4.69) is 9.97 Å². The van der Waals surface area contributed by atoms with Crippen LogP contribution in [0, 0.1) is 0 Å². The SMILES string of the molecule is COc1ccccc1N1CCN(C(=O)c2ccc3nc(CO)[nH]c3c2)CC1=O. The van der Waals surface area contributed by atoms with Crippen LogP contribution in [0.4, 0.5) is 5.69 Å². The Kier molecular flexibility index (Phi) is 4.70. The van der Waals surface area contributed by atoms with Gasteiger partial charge in [0.25, 0.3) is 5.91 Å². The number of imidazole rings is 1. The molecule has 2 heterocycles. The number of hydrogen-bond donors (Lipinski definition) is 2. The molecule has 1 saturated heterocycles. The van der Waals surface area contributed by atoms with Gasteiger partial charge in [0.2, 0.25) is 5.91 Å². The molecule has 1 aliphatic heterocycles. The van der Waals surface area contributed by atoms with E-state index < -0.39 is 0 Å². The van der Waals surface area contributed by atoms with Gasteiger partial charge in [0.15, 0.2) is 0 Å². The number of hydrogen-bond acceptors (Lipinski definition) is 5. The van der Waals surface area contributed by atoms with Crippen molar-refractivity contribution in [3.05, 3.63) is 53.9 Å². The van der Waals surface area contributed by atoms with Gasteiger partial charge in [-0.05, 0) is 30.3 Å². The minimum Gasteiger partial charge on any atom is -0.495 e. The highest BCUT2D eigenvalue weighted by molar-refractivity contribution is 6.03. The molecule has 0 bridgehead atoms. The van der Waals surface area contributed by atoms with E-state index in [1.165, 1.54) is 0 Å². The molecule has 8 heteroatoms. The predicted molar refractivity (Wildman–Crippen MR) is 103 cm³/mol. The first-order valence-corrected chi connectivity index (χ1v) is 8.93. The quantitative estimate of drug-likeness (QED) is 0.716. The van der Waals surface area contributed by atoms with E-state index in [1.54, 1.807) is 41.2 Å². The molecule has 1 aliphatic rings. The van der Waals surface area contributed by atoms with Crippen molar-refractivity contribution in [2.45, 2.75) is 6.61 Å². The maximum Gasteiger partial charge on any atom is 0.254 e. The second kappa shape index (κ2) is 7.32. The zero-order valence-electron chi connectivity index (χ0n) is 15.4. The van der Waals surface area contributed by atoms with Crippen LogP contribution in [-0.2, 0) is 11.4 Å². The Labute approximate surface area is 161 Å². The summed E-state index contributed by atoms with van der Waals surface area (Å²) in [5.41, 5.74) is 2.53. The van der Waals surface area contributed by atoms with E-state index in [1.807, 2.05) is 18.2 Å². The van der Waals surface area contributed by atoms with Crippen LogP contribution in [-0.4, -0.2) is 58.5 Å². The minimum absolute atomic E-state index is 0.000213. The van der Waals surface area contributed by atoms with Gasteiger partial charge in [-0.25, -0.2) is 4.98 Å². The Morgan fingerprint density at radius 1 is 1.25 bits per heavy atom. The number of carbonyl (C=O) groups is 2. The Balaban J connectivity index is 1.52. The number of para-hydroxylation sites is 2. The molecule has 144 valence electrons. The summed E-state index contributed by atoms with van der Waals surface area (Å²) in [6, 6.07) is 12.4. The van der Waals surface area contributed by atoms with Gasteiger partial charge in [0.05, 0.1) is 23.8 Å². The number of aliphatic hydroxyl groups excluding tert-OH is 1. The fraction of sp³-hybridized carbons (Fsp3) is 0.250. The van der Waals surface area contributed by atoms with Crippen molar-refractivity contribution >= 4 is 28.5 Å². The maximum absolute atomic E-state index is 12.9. The normalized spacial score (nSPS) is 14.6. The number of methoxy groups -OCH3 is 1. The number of ether oxygens (including phenoxy) is 1. The topological polar surface area (TPSA) is 98.8 Å². The number of fused-ring (bicyclic) bond motifs is 1. The van der Waals surface area contributed by atoms with Crippen LogP contribution < -0.4 is 9.64 Å². The van der Waals surface area contributed by atoms with E-state index in [9.17, 15) is 14.7 Å². The third-order valence-electron chi connectivity index (χ3n) is 4.81. The summed E-state index contributed by atoms with van der Waals surface area (Å²) in [6.45, 7) is 0.620. The summed E-state index contributed by atoms with van der Waals surface area (Å²) < 4.78 is 5.34. The molecule has 1 fully saturated rings. The number of anilines is 1. The number of nitrogens with zero attached hydrogens (tertiary/aromatic N) is 3. The van der Waals surface area contributed by atoms with Crippen LogP contribution in [0.5, 0.6) is 5.75 Å². The summed E-state index contributed by atoms with van der Waals surface area (Å²) in [5, 5.41) is 9.19. The zero-order chi connectivity index (χ0) is 19.7. The van der Waals surface area contributed by atoms with Crippen molar-refractivity contribution in [3.8, 4) is 5.75 Å². The Hall–Kier alpha value is -3.39. The number of piperazine rings is 1. The molecule has 28 heavy (non-hydrogen) atoms. The molecule has 0 unspecified atom stereocenters. The fourth-order valence-electron chi connectivity index (χ4n) is 3.41. The average molecular weight is 380 g/mol. The van der Waals surface area contributed by atoms with E-state index >= 15 is 0 Å². The predicted octanol–water partition coefficient (Wildman–Crippen LogP) is 1.55. The molecule has 8 nitrogen and oxygen atoms in total. The van der Waals surface area contributed by atoms with Gasteiger partial charge in [0.1, 0.15) is 24.7 Å². The van der Waals surface area contributed by atoms with Crippen LogP contribution in [0.3, 0.4) is 0 Å². The van der Waals surface area contributed by atoms with Crippen LogP contribution in [0.1, 0.15) is 16.2 Å². The van der Waals surface area contributed by atoms with Crippen LogP contribution in [0.25, 0.3) is 11.0 Å². The highest BCUT2D eigenvalue weighted by atomic mass is 16.5. The number of nitrogens with one attached hydrogen (secondary N) is 1. The van der Waals surface area contributed by atoms with Crippen molar-refractivity contribution in [3.63, 3.8) is 0 Å². The minimum atomic E-state index is -0.213. The van der Waals surface area contributed by atoms with Crippen LogP contribution >= 0.6 is 0 Å². The molecule has 2 aromatic carbocycles. The second-order valence-electron chi connectivity index (χ2n) is 6.52. The summed E-state index contributed by atoms with van der Waals surface area (Å²) in [6.07, 6.45) is 0. The maximum atomic E-state index is 12.9. The molecular weight excluding hydrogens is 360 g/mol. The van der Waals surface area contributed by atoms with E-state index in [0.717, 1.165) is 0 Å². The third kappa shape index (κ3) is 3.18. The molecule has 4 rings (SSSR count). The largest absolute Gasteiger partial charge is 0.495 e. The van der Waals surface area contributed by atoms with Gasteiger partial charge in [-0.15, -0.1) is 0 Å². The number of aromatic nitrogens is 2. The number of rotatable bonds is 4. The molecule has 1 aromatic heterocycles. The van der Waals surface area contributed by atoms with Gasteiger partial charge in [0, 0.05) is 18.7 Å². The van der Waals surface area contributed by atoms with E-state index in [-0.39, 0.29) is 25.0 Å². The molecule has 0 atom stereocenters. The lowest BCUT2D eigenvalue weighted by molar-refractivity contribution is -0.120. The van der Waals surface area contributed by atoms with E-state index in [4.69, 9.17) is 4.74 Å². The number of carbonyl (C=O) groups excluding carboxylic acids is 2. The first kappa shape index (κ1) is 18.0. The van der Waals surface area contributed by atoms with Crippen LogP contribution in [0.2, 0.25) is 0 Å². The molecule has 0 aliphatic carbocycles. The number of H-pyrrole nitrogens is 1. The number of aliphatic hydroxyl groups is 1. The summed E-state index contributed by atoms with van der Waals surface area (Å²) in [5.74, 6) is 0.699. The van der Waals surface area contributed by atoms with Gasteiger partial charge in [-0.3, -0.25) is 9.59 Å². The number of benzene rings is 2. The first-order chi connectivity index (χ1) is 13.6. The second-order valence-corrected chi connectivity index (χ2v) is 6.52. The summed E-state index contributed by atoms with van der Waals surface area (Å²) >= 11 is 0. The monoisotopic (exact) mass is 380 g/mol. The standard InChI is InChI=1S/C20H20N4O4/c1-28-17-5-3-2-4-16(17)24-9-8-23(11-19(24)26)20(27)13-6-7-14-15(10-13)22-18(12-25)21-14/h2-7,10,25H,8-9,11-12H2,1H3,(H,21,22). The summed E-state index contributed by atoms with van der Waals surface area (Å²) in [4.78, 5) is 35.9. The molecular formula is C20H20N4O4. The molecule has 0 radical (unpaired) electrons. The summed E-state index contributed by atoms with van der Waals surface area (Å²) in [7, 11) is 1.57. The van der Waals surface area contributed by atoms with Gasteiger partial charge < -0.3 is 24.6 Å². The first-order valence-electron chi connectivity index (χ1n) is 8.93. The molecule has 3 aromatic rings. The number of amides is 2. The van der Waals surface area contributed by atoms with E-state index in [0.29, 0.717) is 46.9 Å². The van der Waals surface area contributed by atoms with Crippen molar-refractivity contribution in [1.29, 1.82) is 0 Å². The highest BCUT2D eigenvalue weighted by Gasteiger charge is 2.30. The van der Waals surface area contributed by atoms with Gasteiger partial charge in [-0.1, -0.05) is 12.1 Å². The highest BCUT2D eigenvalue weighted by Crippen LogP contribution is 2.29. The van der Waals surface area contributed by atoms with Crippen molar-refractivity contribution < 1.29 is 19.4 Å².